The predicted molar refractivity (Wildman–Crippen MR) is 149 cm³/mol. The SMILES string of the molecule is Clc1ccc2c(NCCCCNc3nc(NC4CCCCC4)nc(N4CCCCC4)n3)ccnc2c1. The third-order valence-corrected chi connectivity index (χ3v) is 7.34. The summed E-state index contributed by atoms with van der Waals surface area (Å²) in [5.41, 5.74) is 2.00. The van der Waals surface area contributed by atoms with Crippen molar-refractivity contribution in [3.63, 3.8) is 0 Å². The first-order valence-electron chi connectivity index (χ1n) is 13.5. The van der Waals surface area contributed by atoms with E-state index in [-0.39, 0.29) is 0 Å². The molecule has 5 rings (SSSR count). The van der Waals surface area contributed by atoms with Gasteiger partial charge in [0, 0.05) is 54.5 Å². The Morgan fingerprint density at radius 3 is 2.42 bits per heavy atom. The fourth-order valence-corrected chi connectivity index (χ4v) is 5.29. The van der Waals surface area contributed by atoms with E-state index < -0.39 is 0 Å². The van der Waals surface area contributed by atoms with Gasteiger partial charge in [-0.3, -0.25) is 4.98 Å². The zero-order valence-electron chi connectivity index (χ0n) is 21.0. The van der Waals surface area contributed by atoms with Gasteiger partial charge < -0.3 is 20.9 Å². The van der Waals surface area contributed by atoms with Gasteiger partial charge in [-0.15, -0.1) is 0 Å². The van der Waals surface area contributed by atoms with Gasteiger partial charge in [-0.25, -0.2) is 0 Å². The van der Waals surface area contributed by atoms with Crippen LogP contribution in [-0.2, 0) is 0 Å². The Labute approximate surface area is 218 Å². The van der Waals surface area contributed by atoms with Gasteiger partial charge in [-0.2, -0.15) is 15.0 Å². The number of aromatic nitrogens is 4. The van der Waals surface area contributed by atoms with Crippen LogP contribution in [0.15, 0.2) is 30.5 Å². The smallest absolute Gasteiger partial charge is 0.231 e. The number of anilines is 4. The number of piperidine rings is 1. The summed E-state index contributed by atoms with van der Waals surface area (Å²) in [6, 6.07) is 8.31. The largest absolute Gasteiger partial charge is 0.384 e. The van der Waals surface area contributed by atoms with Crippen molar-refractivity contribution in [1.82, 2.24) is 19.9 Å². The standard InChI is InChI=1S/C27H37ClN8/c28-20-11-12-22-23(13-16-30-24(22)19-20)29-14-5-6-15-31-25-33-26(32-21-9-3-1-4-10-21)35-27(34-25)36-17-7-2-8-18-36/h11-13,16,19,21H,1-10,14-15,17-18H2,(H,29,30)(H2,31,32,33,34,35). The molecule has 192 valence electrons. The van der Waals surface area contributed by atoms with Crippen molar-refractivity contribution in [3.8, 4) is 0 Å². The summed E-state index contributed by atoms with van der Waals surface area (Å²) in [5, 5.41) is 12.4. The first-order valence-corrected chi connectivity index (χ1v) is 13.9. The Balaban J connectivity index is 1.15. The lowest BCUT2D eigenvalue weighted by Crippen LogP contribution is -2.32. The minimum atomic E-state index is 0.467. The number of unbranched alkanes of at least 4 members (excludes halogenated alkanes) is 1. The number of fused-ring (bicyclic) bond motifs is 1. The number of nitrogens with one attached hydrogen (secondary N) is 3. The second-order valence-corrected chi connectivity index (χ2v) is 10.3. The molecule has 9 heteroatoms. The molecular formula is C27H37ClN8. The van der Waals surface area contributed by atoms with Crippen molar-refractivity contribution in [2.45, 2.75) is 70.3 Å². The molecular weight excluding hydrogens is 472 g/mol. The van der Waals surface area contributed by atoms with Crippen LogP contribution < -0.4 is 20.9 Å². The number of halogens is 1. The van der Waals surface area contributed by atoms with Gasteiger partial charge in [0.25, 0.3) is 0 Å². The Kier molecular flexibility index (Phi) is 8.54. The van der Waals surface area contributed by atoms with E-state index in [1.54, 1.807) is 0 Å². The fraction of sp³-hybridized carbons (Fsp3) is 0.556. The van der Waals surface area contributed by atoms with Crippen molar-refractivity contribution in [2.75, 3.05) is 47.0 Å². The minimum absolute atomic E-state index is 0.467. The van der Waals surface area contributed by atoms with Gasteiger partial charge in [0.05, 0.1) is 5.52 Å². The van der Waals surface area contributed by atoms with E-state index in [1.807, 2.05) is 30.5 Å². The molecule has 3 aromatic rings. The Morgan fingerprint density at radius 2 is 1.58 bits per heavy atom. The maximum Gasteiger partial charge on any atom is 0.231 e. The van der Waals surface area contributed by atoms with Crippen LogP contribution in [0.2, 0.25) is 5.02 Å². The highest BCUT2D eigenvalue weighted by Gasteiger charge is 2.19. The summed E-state index contributed by atoms with van der Waals surface area (Å²) in [6.07, 6.45) is 13.8. The number of pyridine rings is 1. The summed E-state index contributed by atoms with van der Waals surface area (Å²) in [7, 11) is 0. The van der Waals surface area contributed by atoms with Crippen molar-refractivity contribution in [3.05, 3.63) is 35.5 Å². The van der Waals surface area contributed by atoms with Crippen molar-refractivity contribution in [1.29, 1.82) is 0 Å². The molecule has 36 heavy (non-hydrogen) atoms. The van der Waals surface area contributed by atoms with Gasteiger partial charge in [-0.1, -0.05) is 30.9 Å². The molecule has 8 nitrogen and oxygen atoms in total. The van der Waals surface area contributed by atoms with E-state index in [2.05, 4.69) is 25.8 Å². The second-order valence-electron chi connectivity index (χ2n) is 9.89. The third kappa shape index (κ3) is 6.66. The molecule has 3 N–H and O–H groups in total. The van der Waals surface area contributed by atoms with Crippen molar-refractivity contribution in [2.24, 2.45) is 0 Å². The van der Waals surface area contributed by atoms with Crippen LogP contribution in [0.25, 0.3) is 10.9 Å². The zero-order chi connectivity index (χ0) is 24.6. The average Bonchev–Trinajstić information content (AvgIpc) is 2.91. The highest BCUT2D eigenvalue weighted by atomic mass is 35.5. The maximum atomic E-state index is 6.11. The highest BCUT2D eigenvalue weighted by Crippen LogP contribution is 2.25. The molecule has 2 aromatic heterocycles. The summed E-state index contributed by atoms with van der Waals surface area (Å²) in [6.45, 7) is 3.75. The van der Waals surface area contributed by atoms with E-state index in [0.717, 1.165) is 61.6 Å². The van der Waals surface area contributed by atoms with Crippen LogP contribution >= 0.6 is 11.6 Å². The van der Waals surface area contributed by atoms with E-state index in [4.69, 9.17) is 26.6 Å². The predicted octanol–water partition coefficient (Wildman–Crippen LogP) is 6.11. The number of hydrogen-bond acceptors (Lipinski definition) is 8. The quantitative estimate of drug-likeness (QED) is 0.282. The average molecular weight is 509 g/mol. The molecule has 0 atom stereocenters. The number of benzene rings is 1. The van der Waals surface area contributed by atoms with Crippen LogP contribution in [0.3, 0.4) is 0 Å². The van der Waals surface area contributed by atoms with Gasteiger partial charge in [0.2, 0.25) is 17.8 Å². The van der Waals surface area contributed by atoms with E-state index in [9.17, 15) is 0 Å². The Hall–Kier alpha value is -2.87. The Bertz CT molecular complexity index is 1130. The molecule has 0 spiro atoms. The second kappa shape index (κ2) is 12.4. The molecule has 2 fully saturated rings. The molecule has 0 unspecified atom stereocenters. The summed E-state index contributed by atoms with van der Waals surface area (Å²) in [5.74, 6) is 2.19. The van der Waals surface area contributed by atoms with Gasteiger partial charge in [0.15, 0.2) is 0 Å². The summed E-state index contributed by atoms with van der Waals surface area (Å²) in [4.78, 5) is 21.0. The lowest BCUT2D eigenvalue weighted by molar-refractivity contribution is 0.460. The third-order valence-electron chi connectivity index (χ3n) is 7.11. The molecule has 1 aliphatic carbocycles. The lowest BCUT2D eigenvalue weighted by atomic mass is 9.96. The molecule has 0 bridgehead atoms. The van der Waals surface area contributed by atoms with Gasteiger partial charge in [-0.05, 0) is 69.2 Å². The molecule has 3 heterocycles. The number of nitrogens with zero attached hydrogens (tertiary/aromatic N) is 5. The molecule has 1 saturated heterocycles. The van der Waals surface area contributed by atoms with Crippen LogP contribution in [0, 0.1) is 0 Å². The summed E-state index contributed by atoms with van der Waals surface area (Å²) >= 11 is 6.11. The molecule has 0 radical (unpaired) electrons. The lowest BCUT2D eigenvalue weighted by Gasteiger charge is -2.28. The number of rotatable bonds is 10. The first kappa shape index (κ1) is 24.8. The monoisotopic (exact) mass is 508 g/mol. The topological polar surface area (TPSA) is 90.9 Å². The molecule has 1 saturated carbocycles. The summed E-state index contributed by atoms with van der Waals surface area (Å²) < 4.78 is 0. The van der Waals surface area contributed by atoms with Crippen LogP contribution in [0.5, 0.6) is 0 Å². The van der Waals surface area contributed by atoms with Crippen LogP contribution in [0.4, 0.5) is 23.5 Å². The highest BCUT2D eigenvalue weighted by molar-refractivity contribution is 6.31. The van der Waals surface area contributed by atoms with Crippen molar-refractivity contribution < 1.29 is 0 Å². The first-order chi connectivity index (χ1) is 17.7. The van der Waals surface area contributed by atoms with E-state index in [0.29, 0.717) is 23.0 Å². The molecule has 1 aliphatic heterocycles. The van der Waals surface area contributed by atoms with E-state index in [1.165, 1.54) is 51.4 Å². The van der Waals surface area contributed by atoms with Crippen LogP contribution in [0.1, 0.15) is 64.2 Å². The van der Waals surface area contributed by atoms with E-state index >= 15 is 0 Å². The normalized spacial score (nSPS) is 16.8. The molecule has 0 amide bonds. The Morgan fingerprint density at radius 1 is 0.833 bits per heavy atom. The zero-order valence-corrected chi connectivity index (χ0v) is 21.7. The van der Waals surface area contributed by atoms with Gasteiger partial charge >= 0.3 is 0 Å². The fourth-order valence-electron chi connectivity index (χ4n) is 5.12. The molecule has 2 aliphatic rings. The van der Waals surface area contributed by atoms with Crippen molar-refractivity contribution >= 4 is 46.0 Å². The number of hydrogen-bond donors (Lipinski definition) is 3. The molecule has 1 aromatic carbocycles. The maximum absolute atomic E-state index is 6.11. The van der Waals surface area contributed by atoms with Gasteiger partial charge in [0.1, 0.15) is 0 Å². The minimum Gasteiger partial charge on any atom is -0.384 e. The van der Waals surface area contributed by atoms with Crippen LogP contribution in [-0.4, -0.2) is 52.2 Å².